The van der Waals surface area contributed by atoms with Crippen molar-refractivity contribution in [2.24, 2.45) is 0 Å². The Morgan fingerprint density at radius 1 is 1.05 bits per heavy atom. The Kier molecular flexibility index (Phi) is 3.21. The molecule has 0 saturated heterocycles. The molecule has 1 aromatic carbocycles. The summed E-state index contributed by atoms with van der Waals surface area (Å²) in [5.74, 6) is 0. The SMILES string of the molecule is Cc1ccncc1CNc1ccc2cnccc2c1N. The van der Waals surface area contributed by atoms with Crippen LogP contribution in [0.15, 0.2) is 49.1 Å². The number of fused-ring (bicyclic) bond motifs is 1. The molecule has 0 aliphatic rings. The lowest BCUT2D eigenvalue weighted by Crippen LogP contribution is -2.04. The summed E-state index contributed by atoms with van der Waals surface area (Å²) in [6.07, 6.45) is 7.26. The van der Waals surface area contributed by atoms with E-state index in [0.717, 1.165) is 22.1 Å². The molecule has 3 aromatic rings. The number of hydrogen-bond acceptors (Lipinski definition) is 4. The zero-order valence-electron chi connectivity index (χ0n) is 11.3. The van der Waals surface area contributed by atoms with Crippen molar-refractivity contribution in [2.75, 3.05) is 11.1 Å². The maximum atomic E-state index is 6.22. The second kappa shape index (κ2) is 5.17. The van der Waals surface area contributed by atoms with Gasteiger partial charge in [-0.2, -0.15) is 0 Å². The molecular formula is C16H16N4. The summed E-state index contributed by atoms with van der Waals surface area (Å²) in [5, 5.41) is 5.45. The molecule has 3 rings (SSSR count). The molecule has 100 valence electrons. The minimum atomic E-state index is 0.709. The van der Waals surface area contributed by atoms with Gasteiger partial charge in [-0.3, -0.25) is 9.97 Å². The van der Waals surface area contributed by atoms with Crippen LogP contribution < -0.4 is 11.1 Å². The number of nitrogens with two attached hydrogens (primary N) is 1. The molecule has 0 aliphatic heterocycles. The van der Waals surface area contributed by atoms with Gasteiger partial charge in [-0.05, 0) is 36.2 Å². The molecule has 0 saturated carbocycles. The highest BCUT2D eigenvalue weighted by molar-refractivity contribution is 5.98. The maximum Gasteiger partial charge on any atom is 0.0630 e. The van der Waals surface area contributed by atoms with Crippen molar-refractivity contribution in [2.45, 2.75) is 13.5 Å². The van der Waals surface area contributed by atoms with Crippen molar-refractivity contribution >= 4 is 22.1 Å². The van der Waals surface area contributed by atoms with Crippen LogP contribution in [0.3, 0.4) is 0 Å². The summed E-state index contributed by atoms with van der Waals surface area (Å²) in [7, 11) is 0. The molecule has 0 amide bonds. The quantitative estimate of drug-likeness (QED) is 0.713. The monoisotopic (exact) mass is 264 g/mol. The van der Waals surface area contributed by atoms with E-state index < -0.39 is 0 Å². The van der Waals surface area contributed by atoms with Gasteiger partial charge >= 0.3 is 0 Å². The van der Waals surface area contributed by atoms with Gasteiger partial charge in [-0.25, -0.2) is 0 Å². The normalized spacial score (nSPS) is 10.7. The van der Waals surface area contributed by atoms with Crippen molar-refractivity contribution < 1.29 is 0 Å². The highest BCUT2D eigenvalue weighted by Crippen LogP contribution is 2.28. The van der Waals surface area contributed by atoms with E-state index in [4.69, 9.17) is 5.73 Å². The third-order valence-electron chi connectivity index (χ3n) is 3.48. The topological polar surface area (TPSA) is 63.8 Å². The second-order valence-corrected chi connectivity index (χ2v) is 4.78. The minimum absolute atomic E-state index is 0.709. The van der Waals surface area contributed by atoms with Crippen LogP contribution in [0.1, 0.15) is 11.1 Å². The molecule has 0 unspecified atom stereocenters. The Morgan fingerprint density at radius 3 is 2.70 bits per heavy atom. The highest BCUT2D eigenvalue weighted by Gasteiger charge is 2.05. The largest absolute Gasteiger partial charge is 0.397 e. The van der Waals surface area contributed by atoms with Crippen LogP contribution in [0.5, 0.6) is 0 Å². The second-order valence-electron chi connectivity index (χ2n) is 4.78. The smallest absolute Gasteiger partial charge is 0.0630 e. The lowest BCUT2D eigenvalue weighted by Gasteiger charge is -2.12. The van der Waals surface area contributed by atoms with Crippen molar-refractivity contribution in [3.05, 3.63) is 60.2 Å². The van der Waals surface area contributed by atoms with Crippen molar-refractivity contribution in [3.8, 4) is 0 Å². The first kappa shape index (κ1) is 12.4. The predicted octanol–water partition coefficient (Wildman–Crippen LogP) is 3.13. The number of benzene rings is 1. The molecule has 0 spiro atoms. The Bertz CT molecular complexity index is 752. The summed E-state index contributed by atoms with van der Waals surface area (Å²) in [5.41, 5.74) is 10.3. The Labute approximate surface area is 117 Å². The lowest BCUT2D eigenvalue weighted by molar-refractivity contribution is 1.08. The van der Waals surface area contributed by atoms with Crippen molar-refractivity contribution in [1.29, 1.82) is 0 Å². The molecule has 0 aliphatic carbocycles. The molecule has 4 heteroatoms. The van der Waals surface area contributed by atoms with Crippen LogP contribution >= 0.6 is 0 Å². The number of nitrogens with one attached hydrogen (secondary N) is 1. The van der Waals surface area contributed by atoms with Gasteiger partial charge < -0.3 is 11.1 Å². The summed E-state index contributed by atoms with van der Waals surface area (Å²) < 4.78 is 0. The summed E-state index contributed by atoms with van der Waals surface area (Å²) in [6, 6.07) is 7.96. The molecule has 0 fully saturated rings. The third-order valence-corrected chi connectivity index (χ3v) is 3.48. The number of aryl methyl sites for hydroxylation is 1. The molecule has 0 atom stereocenters. The lowest BCUT2D eigenvalue weighted by atomic mass is 10.1. The summed E-state index contributed by atoms with van der Waals surface area (Å²) >= 11 is 0. The summed E-state index contributed by atoms with van der Waals surface area (Å²) in [4.78, 5) is 8.26. The molecule has 4 nitrogen and oxygen atoms in total. The van der Waals surface area contributed by atoms with Crippen LogP contribution in [0.4, 0.5) is 11.4 Å². The molecule has 3 N–H and O–H groups in total. The van der Waals surface area contributed by atoms with E-state index in [1.807, 2.05) is 36.7 Å². The van der Waals surface area contributed by atoms with Gasteiger partial charge in [0.25, 0.3) is 0 Å². The van der Waals surface area contributed by atoms with E-state index in [9.17, 15) is 0 Å². The van der Waals surface area contributed by atoms with Crippen LogP contribution in [-0.4, -0.2) is 9.97 Å². The Balaban J connectivity index is 1.88. The molecule has 2 aromatic heterocycles. The Hall–Kier alpha value is -2.62. The fourth-order valence-electron chi connectivity index (χ4n) is 2.22. The van der Waals surface area contributed by atoms with Gasteiger partial charge in [-0.1, -0.05) is 6.07 Å². The molecule has 0 bridgehead atoms. The van der Waals surface area contributed by atoms with Crippen LogP contribution in [0.2, 0.25) is 0 Å². The van der Waals surface area contributed by atoms with E-state index >= 15 is 0 Å². The van der Waals surface area contributed by atoms with Gasteiger partial charge in [0.15, 0.2) is 0 Å². The van der Waals surface area contributed by atoms with E-state index in [1.54, 1.807) is 12.4 Å². The molecule has 0 radical (unpaired) electrons. The first-order valence-corrected chi connectivity index (χ1v) is 6.51. The number of rotatable bonds is 3. The highest BCUT2D eigenvalue weighted by atomic mass is 14.9. The number of aromatic nitrogens is 2. The molecule has 2 heterocycles. The van der Waals surface area contributed by atoms with Crippen LogP contribution in [-0.2, 0) is 6.54 Å². The van der Waals surface area contributed by atoms with Crippen LogP contribution in [0, 0.1) is 6.92 Å². The van der Waals surface area contributed by atoms with Gasteiger partial charge in [0.2, 0.25) is 0 Å². The number of pyridine rings is 2. The van der Waals surface area contributed by atoms with Crippen LogP contribution in [0.25, 0.3) is 10.8 Å². The minimum Gasteiger partial charge on any atom is -0.397 e. The van der Waals surface area contributed by atoms with E-state index in [-0.39, 0.29) is 0 Å². The average molecular weight is 264 g/mol. The standard InChI is InChI=1S/C16H16N4/c1-11-4-6-18-9-13(11)10-20-15-3-2-12-8-19-7-5-14(12)16(15)17/h2-9,20H,10,17H2,1H3. The van der Waals surface area contributed by atoms with Gasteiger partial charge in [0, 0.05) is 42.1 Å². The number of nitrogens with zero attached hydrogens (tertiary/aromatic N) is 2. The number of nitrogen functional groups attached to an aromatic ring is 1. The van der Waals surface area contributed by atoms with E-state index in [0.29, 0.717) is 6.54 Å². The van der Waals surface area contributed by atoms with Crippen molar-refractivity contribution in [1.82, 2.24) is 9.97 Å². The third kappa shape index (κ3) is 2.28. The first-order valence-electron chi connectivity index (χ1n) is 6.51. The zero-order chi connectivity index (χ0) is 13.9. The van der Waals surface area contributed by atoms with E-state index in [2.05, 4.69) is 22.2 Å². The Morgan fingerprint density at radius 2 is 1.85 bits per heavy atom. The van der Waals surface area contributed by atoms with Gasteiger partial charge in [0.05, 0.1) is 11.4 Å². The predicted molar refractivity (Wildman–Crippen MR) is 82.5 cm³/mol. The summed E-state index contributed by atoms with van der Waals surface area (Å²) in [6.45, 7) is 2.79. The fourth-order valence-corrected chi connectivity index (χ4v) is 2.22. The molecular weight excluding hydrogens is 248 g/mol. The zero-order valence-corrected chi connectivity index (χ0v) is 11.3. The fraction of sp³-hybridized carbons (Fsp3) is 0.125. The maximum absolute atomic E-state index is 6.22. The van der Waals surface area contributed by atoms with E-state index in [1.165, 1.54) is 11.1 Å². The first-order chi connectivity index (χ1) is 9.75. The van der Waals surface area contributed by atoms with Gasteiger partial charge in [-0.15, -0.1) is 0 Å². The average Bonchev–Trinajstić information content (AvgIpc) is 2.48. The number of anilines is 2. The van der Waals surface area contributed by atoms with Gasteiger partial charge in [0.1, 0.15) is 0 Å². The molecule has 20 heavy (non-hydrogen) atoms. The number of hydrogen-bond donors (Lipinski definition) is 2. The van der Waals surface area contributed by atoms with Crippen molar-refractivity contribution in [3.63, 3.8) is 0 Å².